The van der Waals surface area contributed by atoms with Gasteiger partial charge in [-0.3, -0.25) is 10.2 Å². The van der Waals surface area contributed by atoms with Gasteiger partial charge in [0.05, 0.1) is 30.6 Å². The number of hydrogen-bond donors (Lipinski definition) is 1. The molecule has 0 atom stereocenters. The minimum absolute atomic E-state index is 0.0102. The molecule has 0 aliphatic carbocycles. The minimum Gasteiger partial charge on any atom is -0.490 e. The Hall–Kier alpha value is -2.25. The Balaban J connectivity index is 2.22. The summed E-state index contributed by atoms with van der Waals surface area (Å²) in [6, 6.07) is 3.49. The van der Waals surface area contributed by atoms with E-state index in [0.29, 0.717) is 41.0 Å². The lowest BCUT2D eigenvalue weighted by Gasteiger charge is -2.13. The SMILES string of the molecule is CCCOc1c(Cl)cc(/C=N\Nc2cnn(C)c(=O)c2Cl)cc1OCC. The van der Waals surface area contributed by atoms with Gasteiger partial charge in [0.1, 0.15) is 10.7 Å². The van der Waals surface area contributed by atoms with Crippen molar-refractivity contribution in [3.63, 3.8) is 0 Å². The van der Waals surface area contributed by atoms with Crippen LogP contribution in [-0.4, -0.2) is 29.2 Å². The Kier molecular flexibility index (Phi) is 7.29. The number of nitrogens with zero attached hydrogens (tertiary/aromatic N) is 3. The van der Waals surface area contributed by atoms with Crippen LogP contribution in [0.15, 0.2) is 28.2 Å². The molecule has 0 radical (unpaired) electrons. The third-order valence-corrected chi connectivity index (χ3v) is 3.91. The van der Waals surface area contributed by atoms with Crippen LogP contribution in [0.25, 0.3) is 0 Å². The van der Waals surface area contributed by atoms with Crippen LogP contribution in [0.2, 0.25) is 10.0 Å². The van der Waals surface area contributed by atoms with Crippen molar-refractivity contribution in [1.82, 2.24) is 9.78 Å². The van der Waals surface area contributed by atoms with Gasteiger partial charge in [-0.15, -0.1) is 0 Å². The van der Waals surface area contributed by atoms with Gasteiger partial charge < -0.3 is 9.47 Å². The van der Waals surface area contributed by atoms with E-state index in [4.69, 9.17) is 32.7 Å². The second-order valence-corrected chi connectivity index (χ2v) is 6.07. The first-order valence-corrected chi connectivity index (χ1v) is 8.83. The molecule has 0 saturated heterocycles. The van der Waals surface area contributed by atoms with Gasteiger partial charge in [0.25, 0.3) is 5.56 Å². The standard InChI is InChI=1S/C17H20Cl2N4O3/c1-4-6-26-16-12(18)7-11(8-14(16)25-5-2)9-20-22-13-10-21-23(3)17(24)15(13)19/h7-10,22H,4-6H2,1-3H3/b20-9-. The predicted octanol–water partition coefficient (Wildman–Crippen LogP) is 3.72. The number of aromatic nitrogens is 2. The van der Waals surface area contributed by atoms with Gasteiger partial charge in [0, 0.05) is 7.05 Å². The molecule has 2 rings (SSSR count). The van der Waals surface area contributed by atoms with Gasteiger partial charge in [-0.1, -0.05) is 30.1 Å². The number of halogens is 2. The van der Waals surface area contributed by atoms with E-state index in [1.165, 1.54) is 19.5 Å². The smallest absolute Gasteiger partial charge is 0.287 e. The number of aryl methyl sites for hydroxylation is 1. The van der Waals surface area contributed by atoms with Crippen molar-refractivity contribution in [1.29, 1.82) is 0 Å². The highest BCUT2D eigenvalue weighted by atomic mass is 35.5. The van der Waals surface area contributed by atoms with Crippen LogP contribution in [0.4, 0.5) is 5.69 Å². The molecule has 7 nitrogen and oxygen atoms in total. The molecule has 0 aliphatic heterocycles. The first-order valence-electron chi connectivity index (χ1n) is 8.07. The second kappa shape index (κ2) is 9.45. The zero-order chi connectivity index (χ0) is 19.1. The highest BCUT2D eigenvalue weighted by molar-refractivity contribution is 6.33. The molecule has 1 heterocycles. The summed E-state index contributed by atoms with van der Waals surface area (Å²) in [4.78, 5) is 11.7. The largest absolute Gasteiger partial charge is 0.490 e. The van der Waals surface area contributed by atoms with E-state index >= 15 is 0 Å². The normalized spacial score (nSPS) is 11.0. The first kappa shape index (κ1) is 20.1. The fraction of sp³-hybridized carbons (Fsp3) is 0.353. The van der Waals surface area contributed by atoms with Gasteiger partial charge in [-0.25, -0.2) is 4.68 Å². The molecule has 140 valence electrons. The van der Waals surface area contributed by atoms with Crippen LogP contribution in [-0.2, 0) is 7.05 Å². The predicted molar refractivity (Wildman–Crippen MR) is 104 cm³/mol. The molecule has 1 aromatic heterocycles. The molecular weight excluding hydrogens is 379 g/mol. The summed E-state index contributed by atoms with van der Waals surface area (Å²) in [5.41, 5.74) is 3.29. The number of hydrazone groups is 1. The van der Waals surface area contributed by atoms with Crippen LogP contribution < -0.4 is 20.5 Å². The van der Waals surface area contributed by atoms with E-state index in [9.17, 15) is 4.79 Å². The van der Waals surface area contributed by atoms with Crippen molar-refractivity contribution in [2.24, 2.45) is 12.1 Å². The topological polar surface area (TPSA) is 77.7 Å². The molecule has 1 aromatic carbocycles. The van der Waals surface area contributed by atoms with E-state index in [1.54, 1.807) is 12.1 Å². The van der Waals surface area contributed by atoms with E-state index in [-0.39, 0.29) is 5.02 Å². The van der Waals surface area contributed by atoms with Gasteiger partial charge in [-0.05, 0) is 31.0 Å². The number of nitrogens with one attached hydrogen (secondary N) is 1. The van der Waals surface area contributed by atoms with Crippen LogP contribution in [0.3, 0.4) is 0 Å². The zero-order valence-electron chi connectivity index (χ0n) is 14.8. The maximum atomic E-state index is 11.7. The maximum Gasteiger partial charge on any atom is 0.287 e. The van der Waals surface area contributed by atoms with Crippen molar-refractivity contribution in [3.8, 4) is 11.5 Å². The highest BCUT2D eigenvalue weighted by Crippen LogP contribution is 2.36. The molecule has 0 fully saturated rings. The third kappa shape index (κ3) is 4.89. The van der Waals surface area contributed by atoms with Crippen molar-refractivity contribution in [3.05, 3.63) is 44.3 Å². The Labute approximate surface area is 161 Å². The summed E-state index contributed by atoms with van der Waals surface area (Å²) in [5, 5.41) is 8.40. The molecule has 9 heteroatoms. The lowest BCUT2D eigenvalue weighted by molar-refractivity contribution is 0.277. The van der Waals surface area contributed by atoms with Crippen molar-refractivity contribution in [2.45, 2.75) is 20.3 Å². The minimum atomic E-state index is -0.411. The van der Waals surface area contributed by atoms with Gasteiger partial charge in [0.15, 0.2) is 11.5 Å². The summed E-state index contributed by atoms with van der Waals surface area (Å²) in [6.45, 7) is 4.91. The second-order valence-electron chi connectivity index (χ2n) is 5.28. The number of ether oxygens (including phenoxy) is 2. The average Bonchev–Trinajstić information content (AvgIpc) is 2.61. The van der Waals surface area contributed by atoms with E-state index in [2.05, 4.69) is 15.6 Å². The van der Waals surface area contributed by atoms with Gasteiger partial charge in [0.2, 0.25) is 0 Å². The van der Waals surface area contributed by atoms with E-state index in [0.717, 1.165) is 11.1 Å². The summed E-state index contributed by atoms with van der Waals surface area (Å²) < 4.78 is 12.4. The quantitative estimate of drug-likeness (QED) is 0.541. The molecule has 2 aromatic rings. The van der Waals surface area contributed by atoms with Crippen molar-refractivity contribution >= 4 is 35.1 Å². The van der Waals surface area contributed by atoms with Crippen molar-refractivity contribution < 1.29 is 9.47 Å². The Morgan fingerprint density at radius 3 is 2.77 bits per heavy atom. The molecule has 0 unspecified atom stereocenters. The fourth-order valence-electron chi connectivity index (χ4n) is 2.03. The van der Waals surface area contributed by atoms with Crippen molar-refractivity contribution in [2.75, 3.05) is 18.6 Å². The summed E-state index contributed by atoms with van der Waals surface area (Å²) in [6.07, 6.45) is 3.81. The molecule has 0 aliphatic rings. The first-order chi connectivity index (χ1) is 12.5. The van der Waals surface area contributed by atoms with Gasteiger partial charge in [-0.2, -0.15) is 10.2 Å². The maximum absolute atomic E-state index is 11.7. The Morgan fingerprint density at radius 1 is 1.31 bits per heavy atom. The Morgan fingerprint density at radius 2 is 2.08 bits per heavy atom. The lowest BCUT2D eigenvalue weighted by atomic mass is 10.2. The molecule has 0 bridgehead atoms. The Bertz CT molecular complexity index is 853. The average molecular weight is 399 g/mol. The fourth-order valence-corrected chi connectivity index (χ4v) is 2.52. The van der Waals surface area contributed by atoms with Gasteiger partial charge >= 0.3 is 0 Å². The number of anilines is 1. The van der Waals surface area contributed by atoms with Crippen LogP contribution in [0.5, 0.6) is 11.5 Å². The molecule has 0 amide bonds. The summed E-state index contributed by atoms with van der Waals surface area (Å²) >= 11 is 12.3. The molecule has 1 N–H and O–H groups in total. The van der Waals surface area contributed by atoms with Crippen LogP contribution in [0.1, 0.15) is 25.8 Å². The molecule has 26 heavy (non-hydrogen) atoms. The zero-order valence-corrected chi connectivity index (χ0v) is 16.3. The summed E-state index contributed by atoms with van der Waals surface area (Å²) in [5.74, 6) is 1.06. The van der Waals surface area contributed by atoms with Crippen LogP contribution >= 0.6 is 23.2 Å². The van der Waals surface area contributed by atoms with E-state index in [1.807, 2.05) is 13.8 Å². The number of rotatable bonds is 8. The molecular formula is C17H20Cl2N4O3. The number of hydrogen-bond acceptors (Lipinski definition) is 6. The van der Waals surface area contributed by atoms with Crippen LogP contribution in [0, 0.1) is 0 Å². The summed E-state index contributed by atoms with van der Waals surface area (Å²) in [7, 11) is 1.51. The number of benzene rings is 1. The third-order valence-electron chi connectivity index (χ3n) is 3.26. The monoisotopic (exact) mass is 398 g/mol. The lowest BCUT2D eigenvalue weighted by Crippen LogP contribution is -2.20. The molecule has 0 spiro atoms. The highest BCUT2D eigenvalue weighted by Gasteiger charge is 2.12. The van der Waals surface area contributed by atoms with E-state index < -0.39 is 5.56 Å². The molecule has 0 saturated carbocycles.